The Hall–Kier alpha value is -4.72. The molecule has 0 fully saturated rings. The van der Waals surface area contributed by atoms with Crippen LogP contribution in [0.3, 0.4) is 0 Å². The monoisotopic (exact) mass is 497 g/mol. The van der Waals surface area contributed by atoms with Gasteiger partial charge in [0.15, 0.2) is 11.5 Å². The highest BCUT2D eigenvalue weighted by molar-refractivity contribution is 6.13. The highest BCUT2D eigenvalue weighted by Gasteiger charge is 2.20. The number of carbonyl (C=O) groups is 1. The number of benzene rings is 3. The zero-order chi connectivity index (χ0) is 25.9. The molecular formula is C29H27N3O5. The molecule has 5 rings (SSSR count). The van der Waals surface area contributed by atoms with Crippen LogP contribution < -0.4 is 24.3 Å². The van der Waals surface area contributed by atoms with Crippen molar-refractivity contribution in [3.63, 3.8) is 0 Å². The van der Waals surface area contributed by atoms with Crippen LogP contribution in [-0.4, -0.2) is 44.3 Å². The topological polar surface area (TPSA) is 94.7 Å². The lowest BCUT2D eigenvalue weighted by Crippen LogP contribution is -2.24. The Morgan fingerprint density at radius 3 is 2.32 bits per heavy atom. The summed E-state index contributed by atoms with van der Waals surface area (Å²) in [5.41, 5.74) is 4.23. The van der Waals surface area contributed by atoms with Crippen LogP contribution in [0.25, 0.3) is 33.1 Å². The van der Waals surface area contributed by atoms with Gasteiger partial charge < -0.3 is 29.2 Å². The van der Waals surface area contributed by atoms with Crippen molar-refractivity contribution < 1.29 is 23.7 Å². The van der Waals surface area contributed by atoms with Gasteiger partial charge >= 0.3 is 0 Å². The van der Waals surface area contributed by atoms with Crippen LogP contribution in [0.2, 0.25) is 0 Å². The molecule has 2 aromatic heterocycles. The summed E-state index contributed by atoms with van der Waals surface area (Å²) in [6.45, 7) is 0.296. The molecule has 2 N–H and O–H groups in total. The van der Waals surface area contributed by atoms with E-state index in [1.165, 1.54) is 0 Å². The van der Waals surface area contributed by atoms with E-state index in [0.717, 1.165) is 27.4 Å². The second kappa shape index (κ2) is 10.1. The summed E-state index contributed by atoms with van der Waals surface area (Å²) < 4.78 is 21.8. The average molecular weight is 498 g/mol. The van der Waals surface area contributed by atoms with Gasteiger partial charge in [0.05, 0.1) is 39.6 Å². The summed E-state index contributed by atoms with van der Waals surface area (Å²) in [5, 5.41) is 4.86. The van der Waals surface area contributed by atoms with E-state index in [1.807, 2.05) is 66.7 Å². The fraction of sp³-hybridized carbons (Fsp3) is 0.172. The molecular weight excluding hydrogens is 470 g/mol. The minimum atomic E-state index is -0.301. The van der Waals surface area contributed by atoms with Gasteiger partial charge in [-0.3, -0.25) is 4.79 Å². The van der Waals surface area contributed by atoms with Gasteiger partial charge in [0.25, 0.3) is 5.91 Å². The van der Waals surface area contributed by atoms with E-state index in [4.69, 9.17) is 23.9 Å². The van der Waals surface area contributed by atoms with Crippen molar-refractivity contribution in [1.29, 1.82) is 0 Å². The maximum Gasteiger partial charge on any atom is 0.270 e. The fourth-order valence-electron chi connectivity index (χ4n) is 4.42. The first-order valence-electron chi connectivity index (χ1n) is 11.7. The third-order valence-electron chi connectivity index (χ3n) is 6.29. The number of para-hydroxylation sites is 1. The smallest absolute Gasteiger partial charge is 0.270 e. The number of fused-ring (bicyclic) bond motifs is 3. The number of amides is 1. The molecule has 0 saturated heterocycles. The molecule has 0 saturated carbocycles. The van der Waals surface area contributed by atoms with E-state index in [0.29, 0.717) is 40.8 Å². The quantitative estimate of drug-likeness (QED) is 0.300. The third kappa shape index (κ3) is 4.49. The SMILES string of the molecule is COc1ccc(OC)c(-c2nc(C(=O)NCc3ccc(OC)c(OC)c3)cc3c2[nH]c2ccccc23)c1. The van der Waals surface area contributed by atoms with Gasteiger partial charge in [-0.2, -0.15) is 0 Å². The van der Waals surface area contributed by atoms with Crippen molar-refractivity contribution in [2.24, 2.45) is 0 Å². The van der Waals surface area contributed by atoms with E-state index in [2.05, 4.69) is 10.3 Å². The van der Waals surface area contributed by atoms with Crippen molar-refractivity contribution in [2.75, 3.05) is 28.4 Å². The van der Waals surface area contributed by atoms with Crippen LogP contribution >= 0.6 is 0 Å². The van der Waals surface area contributed by atoms with E-state index >= 15 is 0 Å². The van der Waals surface area contributed by atoms with Gasteiger partial charge in [0, 0.05) is 28.4 Å². The maximum atomic E-state index is 13.4. The van der Waals surface area contributed by atoms with E-state index in [1.54, 1.807) is 28.4 Å². The van der Waals surface area contributed by atoms with Crippen LogP contribution in [0.15, 0.2) is 66.7 Å². The third-order valence-corrected chi connectivity index (χ3v) is 6.29. The number of nitrogens with one attached hydrogen (secondary N) is 2. The minimum absolute atomic E-state index is 0.289. The first-order valence-corrected chi connectivity index (χ1v) is 11.7. The number of aromatic amines is 1. The number of methoxy groups -OCH3 is 4. The number of hydrogen-bond donors (Lipinski definition) is 2. The Bertz CT molecular complexity index is 1610. The molecule has 37 heavy (non-hydrogen) atoms. The molecule has 0 unspecified atom stereocenters. The van der Waals surface area contributed by atoms with Gasteiger partial charge in [-0.25, -0.2) is 4.98 Å². The lowest BCUT2D eigenvalue weighted by molar-refractivity contribution is 0.0946. The number of rotatable bonds is 8. The molecule has 5 aromatic rings. The predicted molar refractivity (Wildman–Crippen MR) is 143 cm³/mol. The highest BCUT2D eigenvalue weighted by atomic mass is 16.5. The number of nitrogens with zero attached hydrogens (tertiary/aromatic N) is 1. The van der Waals surface area contributed by atoms with Gasteiger partial charge in [-0.1, -0.05) is 24.3 Å². The van der Waals surface area contributed by atoms with Gasteiger partial charge in [-0.15, -0.1) is 0 Å². The number of pyridine rings is 1. The first-order chi connectivity index (χ1) is 18.1. The van der Waals surface area contributed by atoms with Crippen molar-refractivity contribution in [3.05, 3.63) is 78.0 Å². The molecule has 0 aliphatic rings. The molecule has 1 amide bonds. The maximum absolute atomic E-state index is 13.4. The molecule has 0 spiro atoms. The Balaban J connectivity index is 1.59. The molecule has 0 aliphatic heterocycles. The second-order valence-electron chi connectivity index (χ2n) is 8.39. The Kier molecular flexibility index (Phi) is 6.55. The molecule has 0 aliphatic carbocycles. The summed E-state index contributed by atoms with van der Waals surface area (Å²) in [5.74, 6) is 2.20. The van der Waals surface area contributed by atoms with E-state index in [9.17, 15) is 4.79 Å². The average Bonchev–Trinajstić information content (AvgIpc) is 3.33. The molecule has 2 heterocycles. The van der Waals surface area contributed by atoms with Gasteiger partial charge in [0.1, 0.15) is 17.2 Å². The van der Waals surface area contributed by atoms with Crippen molar-refractivity contribution in [1.82, 2.24) is 15.3 Å². The Morgan fingerprint density at radius 2 is 1.57 bits per heavy atom. The van der Waals surface area contributed by atoms with Crippen LogP contribution in [0.1, 0.15) is 16.1 Å². The standard InChI is InChI=1S/C29H27N3O5/c1-34-18-10-12-24(35-2)21(14-18)28-27-20(19-7-5-6-8-22(19)31-27)15-23(32-28)29(33)30-16-17-9-11-25(36-3)26(13-17)37-4/h5-15,31H,16H2,1-4H3,(H,30,33). The Labute approximate surface area is 214 Å². The molecule has 188 valence electrons. The molecule has 0 radical (unpaired) electrons. The number of carbonyl (C=O) groups excluding carboxylic acids is 1. The lowest BCUT2D eigenvalue weighted by Gasteiger charge is -2.13. The van der Waals surface area contributed by atoms with Crippen LogP contribution in [-0.2, 0) is 6.54 Å². The minimum Gasteiger partial charge on any atom is -0.497 e. The zero-order valence-electron chi connectivity index (χ0n) is 21.0. The van der Waals surface area contributed by atoms with Gasteiger partial charge in [0.2, 0.25) is 0 Å². The normalized spacial score (nSPS) is 10.9. The second-order valence-corrected chi connectivity index (χ2v) is 8.39. The highest BCUT2D eigenvalue weighted by Crippen LogP contribution is 2.38. The number of hydrogen-bond acceptors (Lipinski definition) is 6. The molecule has 8 heteroatoms. The van der Waals surface area contributed by atoms with Crippen molar-refractivity contribution in [3.8, 4) is 34.3 Å². The van der Waals surface area contributed by atoms with E-state index < -0.39 is 0 Å². The molecule has 3 aromatic carbocycles. The largest absolute Gasteiger partial charge is 0.497 e. The van der Waals surface area contributed by atoms with Crippen LogP contribution in [0.5, 0.6) is 23.0 Å². The summed E-state index contributed by atoms with van der Waals surface area (Å²) in [6, 6.07) is 20.8. The number of aromatic nitrogens is 2. The number of H-pyrrole nitrogens is 1. The summed E-state index contributed by atoms with van der Waals surface area (Å²) in [4.78, 5) is 21.6. The predicted octanol–water partition coefficient (Wildman–Crippen LogP) is 5.35. The van der Waals surface area contributed by atoms with Crippen LogP contribution in [0, 0.1) is 0 Å². The molecule has 0 bridgehead atoms. The summed E-state index contributed by atoms with van der Waals surface area (Å²) in [7, 11) is 6.37. The lowest BCUT2D eigenvalue weighted by atomic mass is 10.0. The fourth-order valence-corrected chi connectivity index (χ4v) is 4.42. The van der Waals surface area contributed by atoms with Crippen molar-refractivity contribution >= 4 is 27.7 Å². The first kappa shape index (κ1) is 24.0. The van der Waals surface area contributed by atoms with E-state index in [-0.39, 0.29) is 11.6 Å². The van der Waals surface area contributed by atoms with Gasteiger partial charge in [-0.05, 0) is 48.0 Å². The number of ether oxygens (including phenoxy) is 4. The van der Waals surface area contributed by atoms with Crippen LogP contribution in [0.4, 0.5) is 0 Å². The molecule has 8 nitrogen and oxygen atoms in total. The van der Waals surface area contributed by atoms with Crippen molar-refractivity contribution in [2.45, 2.75) is 6.54 Å². The summed E-state index contributed by atoms with van der Waals surface area (Å²) >= 11 is 0. The summed E-state index contributed by atoms with van der Waals surface area (Å²) in [6.07, 6.45) is 0. The molecule has 0 atom stereocenters. The Morgan fingerprint density at radius 1 is 0.811 bits per heavy atom. The zero-order valence-corrected chi connectivity index (χ0v) is 21.0.